The van der Waals surface area contributed by atoms with Gasteiger partial charge in [0, 0.05) is 16.6 Å². The largest absolute Gasteiger partial charge is 0.426 e. The van der Waals surface area contributed by atoms with Crippen LogP contribution in [0.5, 0.6) is 5.75 Å². The molecule has 120 valence electrons. The molecule has 0 bridgehead atoms. The maximum Gasteiger partial charge on any atom is 0.311 e. The predicted molar refractivity (Wildman–Crippen MR) is 93.8 cm³/mol. The summed E-state index contributed by atoms with van der Waals surface area (Å²) >= 11 is 3.36. The first-order valence-electron chi connectivity index (χ1n) is 7.38. The zero-order valence-corrected chi connectivity index (χ0v) is 14.6. The maximum atomic E-state index is 12.5. The highest BCUT2D eigenvalue weighted by atomic mass is 79.9. The molecule has 1 N–H and O–H groups in total. The summed E-state index contributed by atoms with van der Waals surface area (Å²) in [6, 6.07) is 12.5. The van der Waals surface area contributed by atoms with Crippen molar-refractivity contribution >= 4 is 33.5 Å². The zero-order chi connectivity index (χ0) is 16.8. The number of rotatable bonds is 5. The van der Waals surface area contributed by atoms with Gasteiger partial charge in [-0.1, -0.05) is 40.5 Å². The van der Waals surface area contributed by atoms with Gasteiger partial charge in [-0.25, -0.2) is 0 Å². The van der Waals surface area contributed by atoms with E-state index >= 15 is 0 Å². The number of amides is 1. The zero-order valence-electron chi connectivity index (χ0n) is 13.1. The summed E-state index contributed by atoms with van der Waals surface area (Å²) in [7, 11) is 0. The molecule has 0 fully saturated rings. The third-order valence-corrected chi connectivity index (χ3v) is 3.63. The monoisotopic (exact) mass is 375 g/mol. The van der Waals surface area contributed by atoms with E-state index in [0.717, 1.165) is 10.0 Å². The standard InChI is InChI=1S/C18H18BrNO3/c1-3-5-17(21)23-16-9-8-12(2)10-15(16)18(22)20-14-7-4-6-13(19)11-14/h4,6-11H,3,5H2,1-2H3,(H,20,22). The van der Waals surface area contributed by atoms with Crippen molar-refractivity contribution in [3.63, 3.8) is 0 Å². The lowest BCUT2D eigenvalue weighted by molar-refractivity contribution is -0.134. The van der Waals surface area contributed by atoms with Gasteiger partial charge >= 0.3 is 5.97 Å². The topological polar surface area (TPSA) is 55.4 Å². The number of benzene rings is 2. The number of aryl methyl sites for hydroxylation is 1. The van der Waals surface area contributed by atoms with Gasteiger partial charge in [0.25, 0.3) is 5.91 Å². The first kappa shape index (κ1) is 17.2. The van der Waals surface area contributed by atoms with Crippen LogP contribution in [0.2, 0.25) is 0 Å². The lowest BCUT2D eigenvalue weighted by Gasteiger charge is -2.11. The normalized spacial score (nSPS) is 10.2. The van der Waals surface area contributed by atoms with Gasteiger partial charge in [0.2, 0.25) is 0 Å². The number of anilines is 1. The van der Waals surface area contributed by atoms with E-state index in [1.807, 2.05) is 32.0 Å². The van der Waals surface area contributed by atoms with Gasteiger partial charge in [0.05, 0.1) is 5.56 Å². The molecule has 23 heavy (non-hydrogen) atoms. The number of nitrogens with one attached hydrogen (secondary N) is 1. The molecule has 0 atom stereocenters. The number of halogens is 1. The van der Waals surface area contributed by atoms with Crippen LogP contribution in [-0.2, 0) is 4.79 Å². The average molecular weight is 376 g/mol. The van der Waals surface area contributed by atoms with Gasteiger partial charge in [0.15, 0.2) is 0 Å². The van der Waals surface area contributed by atoms with E-state index in [1.165, 1.54) is 0 Å². The highest BCUT2D eigenvalue weighted by Crippen LogP contribution is 2.23. The van der Waals surface area contributed by atoms with E-state index in [1.54, 1.807) is 24.3 Å². The van der Waals surface area contributed by atoms with Crippen LogP contribution >= 0.6 is 15.9 Å². The van der Waals surface area contributed by atoms with E-state index < -0.39 is 0 Å². The highest BCUT2D eigenvalue weighted by molar-refractivity contribution is 9.10. The van der Waals surface area contributed by atoms with Crippen LogP contribution in [0.3, 0.4) is 0 Å². The second-order valence-corrected chi connectivity index (χ2v) is 6.10. The first-order chi connectivity index (χ1) is 11.0. The maximum absolute atomic E-state index is 12.5. The van der Waals surface area contributed by atoms with E-state index in [0.29, 0.717) is 24.1 Å². The molecule has 0 aliphatic carbocycles. The Bertz CT molecular complexity index is 728. The van der Waals surface area contributed by atoms with E-state index in [9.17, 15) is 9.59 Å². The first-order valence-corrected chi connectivity index (χ1v) is 8.17. The number of ether oxygens (including phenoxy) is 1. The molecule has 0 saturated carbocycles. The van der Waals surface area contributed by atoms with Crippen molar-refractivity contribution in [3.8, 4) is 5.75 Å². The SMILES string of the molecule is CCCC(=O)Oc1ccc(C)cc1C(=O)Nc1cccc(Br)c1. The quantitative estimate of drug-likeness (QED) is 0.607. The van der Waals surface area contributed by atoms with E-state index in [2.05, 4.69) is 21.2 Å². The van der Waals surface area contributed by atoms with Crippen molar-refractivity contribution < 1.29 is 14.3 Å². The van der Waals surface area contributed by atoms with Crippen LogP contribution in [0.4, 0.5) is 5.69 Å². The van der Waals surface area contributed by atoms with Crippen LogP contribution in [0, 0.1) is 6.92 Å². The van der Waals surface area contributed by atoms with Crippen LogP contribution < -0.4 is 10.1 Å². The van der Waals surface area contributed by atoms with Crippen molar-refractivity contribution in [2.75, 3.05) is 5.32 Å². The Hall–Kier alpha value is -2.14. The lowest BCUT2D eigenvalue weighted by Crippen LogP contribution is -2.16. The van der Waals surface area contributed by atoms with Crippen molar-refractivity contribution in [2.24, 2.45) is 0 Å². The summed E-state index contributed by atoms with van der Waals surface area (Å²) in [6.07, 6.45) is 1.02. The molecular formula is C18H18BrNO3. The fourth-order valence-electron chi connectivity index (χ4n) is 2.05. The minimum atomic E-state index is -0.340. The molecule has 0 heterocycles. The lowest BCUT2D eigenvalue weighted by atomic mass is 10.1. The summed E-state index contributed by atoms with van der Waals surface area (Å²) in [4.78, 5) is 24.2. The molecule has 5 heteroatoms. The minimum absolute atomic E-state index is 0.279. The smallest absolute Gasteiger partial charge is 0.311 e. The van der Waals surface area contributed by atoms with Crippen LogP contribution in [0.15, 0.2) is 46.9 Å². The van der Waals surface area contributed by atoms with Crippen LogP contribution in [0.1, 0.15) is 35.7 Å². The van der Waals surface area contributed by atoms with Crippen molar-refractivity contribution in [1.29, 1.82) is 0 Å². The van der Waals surface area contributed by atoms with Gasteiger partial charge in [-0.3, -0.25) is 9.59 Å². The Morgan fingerprint density at radius 1 is 1.17 bits per heavy atom. The molecule has 2 aromatic carbocycles. The van der Waals surface area contributed by atoms with Crippen LogP contribution in [-0.4, -0.2) is 11.9 Å². The fraction of sp³-hybridized carbons (Fsp3) is 0.222. The molecule has 2 aromatic rings. The van der Waals surface area contributed by atoms with Gasteiger partial charge in [0.1, 0.15) is 5.75 Å². The molecule has 4 nitrogen and oxygen atoms in total. The highest BCUT2D eigenvalue weighted by Gasteiger charge is 2.16. The Morgan fingerprint density at radius 3 is 2.65 bits per heavy atom. The molecule has 0 radical (unpaired) electrons. The Balaban J connectivity index is 2.24. The molecular weight excluding hydrogens is 358 g/mol. The molecule has 2 rings (SSSR count). The van der Waals surface area contributed by atoms with Gasteiger partial charge < -0.3 is 10.1 Å². The Labute approximate surface area is 144 Å². The molecule has 0 unspecified atom stereocenters. The number of carbonyl (C=O) groups is 2. The second-order valence-electron chi connectivity index (χ2n) is 5.19. The Morgan fingerprint density at radius 2 is 1.96 bits per heavy atom. The third-order valence-electron chi connectivity index (χ3n) is 3.14. The minimum Gasteiger partial charge on any atom is -0.426 e. The van der Waals surface area contributed by atoms with Crippen molar-refractivity contribution in [2.45, 2.75) is 26.7 Å². The fourth-order valence-corrected chi connectivity index (χ4v) is 2.45. The molecule has 0 aliphatic rings. The Kier molecular flexibility index (Phi) is 5.93. The molecule has 0 saturated heterocycles. The summed E-state index contributed by atoms with van der Waals surface area (Å²) in [5.74, 6) is -0.375. The molecule has 0 aliphatic heterocycles. The molecule has 1 amide bonds. The molecule has 0 spiro atoms. The van der Waals surface area contributed by atoms with Gasteiger partial charge in [-0.2, -0.15) is 0 Å². The van der Waals surface area contributed by atoms with E-state index in [4.69, 9.17) is 4.74 Å². The summed E-state index contributed by atoms with van der Waals surface area (Å²) in [5.41, 5.74) is 1.92. The summed E-state index contributed by atoms with van der Waals surface area (Å²) in [5, 5.41) is 2.81. The van der Waals surface area contributed by atoms with Crippen molar-refractivity contribution in [1.82, 2.24) is 0 Å². The number of hydrogen-bond acceptors (Lipinski definition) is 3. The number of esters is 1. The van der Waals surface area contributed by atoms with Crippen molar-refractivity contribution in [3.05, 3.63) is 58.1 Å². The summed E-state index contributed by atoms with van der Waals surface area (Å²) < 4.78 is 6.18. The van der Waals surface area contributed by atoms with Crippen LogP contribution in [0.25, 0.3) is 0 Å². The molecule has 0 aromatic heterocycles. The predicted octanol–water partition coefficient (Wildman–Crippen LogP) is 4.72. The second kappa shape index (κ2) is 7.92. The van der Waals surface area contributed by atoms with Gasteiger partial charge in [-0.15, -0.1) is 0 Å². The third kappa shape index (κ3) is 4.93. The number of carbonyl (C=O) groups excluding carboxylic acids is 2. The van der Waals surface area contributed by atoms with Gasteiger partial charge in [-0.05, 0) is 43.7 Å². The average Bonchev–Trinajstić information content (AvgIpc) is 2.49. The van der Waals surface area contributed by atoms with E-state index in [-0.39, 0.29) is 17.6 Å². The number of hydrogen-bond donors (Lipinski definition) is 1. The summed E-state index contributed by atoms with van der Waals surface area (Å²) in [6.45, 7) is 3.78.